The second kappa shape index (κ2) is 8.47. The summed E-state index contributed by atoms with van der Waals surface area (Å²) in [5.74, 6) is -0.469. The van der Waals surface area contributed by atoms with Gasteiger partial charge in [-0.25, -0.2) is 0 Å². The Hall–Kier alpha value is -2.62. The van der Waals surface area contributed by atoms with Gasteiger partial charge < -0.3 is 10.6 Å². The highest BCUT2D eigenvalue weighted by molar-refractivity contribution is 6.01. The van der Waals surface area contributed by atoms with Crippen LogP contribution in [0.15, 0.2) is 48.5 Å². The first-order valence-corrected chi connectivity index (χ1v) is 8.68. The first-order valence-electron chi connectivity index (χ1n) is 8.68. The van der Waals surface area contributed by atoms with E-state index in [1.807, 2.05) is 57.2 Å². The zero-order valence-electron chi connectivity index (χ0n) is 15.3. The standard InChI is InChI=1S/C21H26N2O2/c1-5-16-7-6-8-18(13-16)22-21(25)19(14(2)3)23-20(24)17-11-9-15(4)10-12-17/h6-14,19H,5H2,1-4H3,(H,22,25)(H,23,24). The molecule has 0 saturated carbocycles. The molecule has 0 fully saturated rings. The number of benzene rings is 2. The van der Waals surface area contributed by atoms with Crippen LogP contribution in [0.2, 0.25) is 0 Å². The third-order valence-electron chi connectivity index (χ3n) is 4.15. The number of rotatable bonds is 6. The number of amides is 2. The largest absolute Gasteiger partial charge is 0.340 e. The Labute approximate surface area is 149 Å². The third kappa shape index (κ3) is 5.18. The van der Waals surface area contributed by atoms with Crippen LogP contribution in [0.5, 0.6) is 0 Å². The van der Waals surface area contributed by atoms with Crippen LogP contribution in [-0.2, 0) is 11.2 Å². The van der Waals surface area contributed by atoms with Crippen LogP contribution in [0.25, 0.3) is 0 Å². The molecule has 0 aromatic heterocycles. The van der Waals surface area contributed by atoms with Crippen LogP contribution in [0.4, 0.5) is 5.69 Å². The van der Waals surface area contributed by atoms with Crippen molar-refractivity contribution in [1.82, 2.24) is 5.32 Å². The van der Waals surface area contributed by atoms with Crippen molar-refractivity contribution in [2.24, 2.45) is 5.92 Å². The van der Waals surface area contributed by atoms with Crippen LogP contribution >= 0.6 is 0 Å². The Morgan fingerprint density at radius 3 is 2.32 bits per heavy atom. The van der Waals surface area contributed by atoms with Gasteiger partial charge in [-0.3, -0.25) is 9.59 Å². The molecule has 4 nitrogen and oxygen atoms in total. The van der Waals surface area contributed by atoms with Gasteiger partial charge in [-0.05, 0) is 49.1 Å². The number of anilines is 1. The van der Waals surface area contributed by atoms with E-state index in [4.69, 9.17) is 0 Å². The molecule has 0 spiro atoms. The minimum atomic E-state index is -0.598. The lowest BCUT2D eigenvalue weighted by atomic mass is 10.0. The molecule has 2 aromatic rings. The van der Waals surface area contributed by atoms with Crippen LogP contribution in [-0.4, -0.2) is 17.9 Å². The Kier molecular flexibility index (Phi) is 6.34. The smallest absolute Gasteiger partial charge is 0.251 e. The van der Waals surface area contributed by atoms with E-state index in [-0.39, 0.29) is 17.7 Å². The van der Waals surface area contributed by atoms with Gasteiger partial charge in [0.15, 0.2) is 0 Å². The summed E-state index contributed by atoms with van der Waals surface area (Å²) in [5, 5.41) is 5.76. The number of nitrogens with one attached hydrogen (secondary N) is 2. The van der Waals surface area contributed by atoms with E-state index in [1.165, 1.54) is 0 Å². The summed E-state index contributed by atoms with van der Waals surface area (Å²) >= 11 is 0. The second-order valence-corrected chi connectivity index (χ2v) is 6.60. The van der Waals surface area contributed by atoms with Crippen molar-refractivity contribution in [2.75, 3.05) is 5.32 Å². The van der Waals surface area contributed by atoms with Gasteiger partial charge in [-0.15, -0.1) is 0 Å². The number of carbonyl (C=O) groups is 2. The molecule has 0 saturated heterocycles. The topological polar surface area (TPSA) is 58.2 Å². The normalized spacial score (nSPS) is 11.9. The molecule has 2 aromatic carbocycles. The Balaban J connectivity index is 2.09. The molecule has 0 aliphatic carbocycles. The third-order valence-corrected chi connectivity index (χ3v) is 4.15. The maximum Gasteiger partial charge on any atom is 0.251 e. The minimum absolute atomic E-state index is 0.0243. The van der Waals surface area contributed by atoms with Gasteiger partial charge in [-0.1, -0.05) is 50.6 Å². The molecule has 0 bridgehead atoms. The molecule has 2 amide bonds. The summed E-state index contributed by atoms with van der Waals surface area (Å²) in [6, 6.07) is 14.5. The van der Waals surface area contributed by atoms with Crippen molar-refractivity contribution in [1.29, 1.82) is 0 Å². The molecule has 0 radical (unpaired) electrons. The fourth-order valence-electron chi connectivity index (χ4n) is 2.55. The molecule has 0 aliphatic heterocycles. The molecule has 0 heterocycles. The van der Waals surface area contributed by atoms with Gasteiger partial charge in [0.2, 0.25) is 5.91 Å². The summed E-state index contributed by atoms with van der Waals surface area (Å²) < 4.78 is 0. The van der Waals surface area contributed by atoms with E-state index in [2.05, 4.69) is 17.6 Å². The van der Waals surface area contributed by atoms with Crippen molar-refractivity contribution in [3.8, 4) is 0 Å². The molecule has 25 heavy (non-hydrogen) atoms. The first-order chi connectivity index (χ1) is 11.9. The van der Waals surface area contributed by atoms with Gasteiger partial charge in [0.05, 0.1) is 0 Å². The Morgan fingerprint density at radius 2 is 1.72 bits per heavy atom. The van der Waals surface area contributed by atoms with Gasteiger partial charge in [-0.2, -0.15) is 0 Å². The Morgan fingerprint density at radius 1 is 1.04 bits per heavy atom. The Bertz CT molecular complexity index is 736. The van der Waals surface area contributed by atoms with Crippen molar-refractivity contribution < 1.29 is 9.59 Å². The average Bonchev–Trinajstić information content (AvgIpc) is 2.59. The molecule has 1 unspecified atom stereocenters. The molecule has 4 heteroatoms. The fraction of sp³-hybridized carbons (Fsp3) is 0.333. The highest BCUT2D eigenvalue weighted by Crippen LogP contribution is 2.13. The zero-order chi connectivity index (χ0) is 18.4. The number of hydrogen-bond donors (Lipinski definition) is 2. The zero-order valence-corrected chi connectivity index (χ0v) is 15.3. The highest BCUT2D eigenvalue weighted by Gasteiger charge is 2.24. The first kappa shape index (κ1) is 18.7. The molecule has 2 rings (SSSR count). The van der Waals surface area contributed by atoms with Crippen molar-refractivity contribution >= 4 is 17.5 Å². The van der Waals surface area contributed by atoms with Crippen LogP contribution in [0.3, 0.4) is 0 Å². The molecule has 2 N–H and O–H groups in total. The second-order valence-electron chi connectivity index (χ2n) is 6.60. The van der Waals surface area contributed by atoms with E-state index in [9.17, 15) is 9.59 Å². The molecule has 132 valence electrons. The van der Waals surface area contributed by atoms with Gasteiger partial charge >= 0.3 is 0 Å². The van der Waals surface area contributed by atoms with E-state index < -0.39 is 6.04 Å². The van der Waals surface area contributed by atoms with E-state index in [0.717, 1.165) is 23.2 Å². The quantitative estimate of drug-likeness (QED) is 0.838. The van der Waals surface area contributed by atoms with Crippen molar-refractivity contribution in [3.63, 3.8) is 0 Å². The highest BCUT2D eigenvalue weighted by atomic mass is 16.2. The maximum absolute atomic E-state index is 12.6. The number of hydrogen-bond acceptors (Lipinski definition) is 2. The van der Waals surface area contributed by atoms with Crippen molar-refractivity contribution in [3.05, 3.63) is 65.2 Å². The lowest BCUT2D eigenvalue weighted by Gasteiger charge is -2.22. The summed E-state index contributed by atoms with van der Waals surface area (Å²) in [6.45, 7) is 7.88. The fourth-order valence-corrected chi connectivity index (χ4v) is 2.55. The van der Waals surface area contributed by atoms with E-state index >= 15 is 0 Å². The van der Waals surface area contributed by atoms with E-state index in [0.29, 0.717) is 5.56 Å². The van der Waals surface area contributed by atoms with Crippen LogP contribution < -0.4 is 10.6 Å². The molecular formula is C21H26N2O2. The van der Waals surface area contributed by atoms with Gasteiger partial charge in [0.25, 0.3) is 5.91 Å². The van der Waals surface area contributed by atoms with Gasteiger partial charge in [0, 0.05) is 11.3 Å². The van der Waals surface area contributed by atoms with Crippen LogP contribution in [0, 0.1) is 12.8 Å². The minimum Gasteiger partial charge on any atom is -0.340 e. The number of aryl methyl sites for hydroxylation is 2. The molecular weight excluding hydrogens is 312 g/mol. The predicted molar refractivity (Wildman–Crippen MR) is 102 cm³/mol. The summed E-state index contributed by atoms with van der Waals surface area (Å²) in [5.41, 5.74) is 3.55. The maximum atomic E-state index is 12.6. The van der Waals surface area contributed by atoms with E-state index in [1.54, 1.807) is 12.1 Å². The number of carbonyl (C=O) groups excluding carboxylic acids is 2. The average molecular weight is 338 g/mol. The summed E-state index contributed by atoms with van der Waals surface area (Å²) in [4.78, 5) is 25.1. The summed E-state index contributed by atoms with van der Waals surface area (Å²) in [6.07, 6.45) is 0.904. The monoisotopic (exact) mass is 338 g/mol. The van der Waals surface area contributed by atoms with Crippen LogP contribution in [0.1, 0.15) is 42.3 Å². The van der Waals surface area contributed by atoms with Crippen molar-refractivity contribution in [2.45, 2.75) is 40.2 Å². The SMILES string of the molecule is CCc1cccc(NC(=O)C(NC(=O)c2ccc(C)cc2)C(C)C)c1. The molecule has 1 atom stereocenters. The summed E-state index contributed by atoms with van der Waals surface area (Å²) in [7, 11) is 0. The predicted octanol–water partition coefficient (Wildman–Crippen LogP) is 3.95. The lowest BCUT2D eigenvalue weighted by Crippen LogP contribution is -2.47. The van der Waals surface area contributed by atoms with Gasteiger partial charge in [0.1, 0.15) is 6.04 Å². The molecule has 0 aliphatic rings. The lowest BCUT2D eigenvalue weighted by molar-refractivity contribution is -0.118.